The molecule has 0 radical (unpaired) electrons. The summed E-state index contributed by atoms with van der Waals surface area (Å²) >= 11 is 0. The topological polar surface area (TPSA) is 75.7 Å². The molecule has 2 saturated heterocycles. The van der Waals surface area contributed by atoms with Crippen molar-refractivity contribution in [2.75, 3.05) is 40.0 Å². The second-order valence-electron chi connectivity index (χ2n) is 11.6. The molecule has 4 atom stereocenters. The maximum Gasteiger partial charge on any atom is 0.416 e. The lowest BCUT2D eigenvalue weighted by atomic mass is 10.0. The van der Waals surface area contributed by atoms with Gasteiger partial charge in [-0.05, 0) is 67.8 Å². The third-order valence-electron chi connectivity index (χ3n) is 8.49. The van der Waals surface area contributed by atoms with Crippen LogP contribution in [0.5, 0.6) is 0 Å². The second-order valence-corrected chi connectivity index (χ2v) is 11.6. The number of hydrogen-bond acceptors (Lipinski definition) is 7. The van der Waals surface area contributed by atoms with E-state index in [2.05, 4.69) is 20.3 Å². The maximum absolute atomic E-state index is 13.9. The number of halogens is 7. The Labute approximate surface area is 261 Å². The molecule has 0 amide bonds. The average Bonchev–Trinajstić information content (AvgIpc) is 3.65. The fourth-order valence-electron chi connectivity index (χ4n) is 6.10. The highest BCUT2D eigenvalue weighted by Gasteiger charge is 2.39. The summed E-state index contributed by atoms with van der Waals surface area (Å²) in [7, 11) is 1.68. The van der Waals surface area contributed by atoms with Crippen molar-refractivity contribution in [1.29, 1.82) is 0 Å². The molecule has 46 heavy (non-hydrogen) atoms. The molecule has 1 aromatic heterocycles. The predicted molar refractivity (Wildman–Crippen MR) is 152 cm³/mol. The summed E-state index contributed by atoms with van der Waals surface area (Å²) < 4.78 is 112. The molecule has 1 unspecified atom stereocenters. The van der Waals surface area contributed by atoms with E-state index in [1.165, 1.54) is 19.1 Å². The second kappa shape index (κ2) is 14.3. The summed E-state index contributed by atoms with van der Waals surface area (Å²) in [5.74, 6) is -0.470. The Morgan fingerprint density at radius 2 is 1.63 bits per heavy atom. The first kappa shape index (κ1) is 34.2. The minimum absolute atomic E-state index is 0.0794. The predicted octanol–water partition coefficient (Wildman–Crippen LogP) is 6.31. The van der Waals surface area contributed by atoms with Crippen LogP contribution in [-0.4, -0.2) is 77.5 Å². The van der Waals surface area contributed by atoms with Gasteiger partial charge < -0.3 is 14.2 Å². The molecule has 2 fully saturated rings. The number of rotatable bonds is 11. The van der Waals surface area contributed by atoms with Crippen molar-refractivity contribution in [3.05, 3.63) is 81.9 Å². The van der Waals surface area contributed by atoms with Gasteiger partial charge in [0.2, 0.25) is 0 Å². The Morgan fingerprint density at radius 3 is 2.28 bits per heavy atom. The lowest BCUT2D eigenvalue weighted by Crippen LogP contribution is -2.47. The summed E-state index contributed by atoms with van der Waals surface area (Å²) in [5, 5.41) is 11.5. The summed E-state index contributed by atoms with van der Waals surface area (Å²) in [6.07, 6.45) is -9.71. The van der Waals surface area contributed by atoms with Crippen LogP contribution < -0.4 is 0 Å². The number of benzene rings is 2. The van der Waals surface area contributed by atoms with Crippen LogP contribution in [0, 0.1) is 5.82 Å². The van der Waals surface area contributed by atoms with Crippen molar-refractivity contribution in [3.8, 4) is 0 Å². The number of alkyl halides is 6. The fourth-order valence-corrected chi connectivity index (χ4v) is 6.10. The molecular weight excluding hydrogens is 623 g/mol. The quantitative estimate of drug-likeness (QED) is 0.242. The lowest BCUT2D eigenvalue weighted by Gasteiger charge is -2.42. The van der Waals surface area contributed by atoms with Gasteiger partial charge in [0, 0.05) is 39.2 Å². The summed E-state index contributed by atoms with van der Waals surface area (Å²) in [6, 6.07) is 6.68. The molecule has 2 aliphatic rings. The first-order valence-electron chi connectivity index (χ1n) is 15.0. The number of H-pyrrole nitrogens is 1. The van der Waals surface area contributed by atoms with Gasteiger partial charge in [-0.25, -0.2) is 4.39 Å². The molecule has 2 aliphatic heterocycles. The van der Waals surface area contributed by atoms with Gasteiger partial charge in [0.05, 0.1) is 47.9 Å². The van der Waals surface area contributed by atoms with Gasteiger partial charge in [-0.15, -0.1) is 0 Å². The monoisotopic (exact) mass is 659 g/mol. The Morgan fingerprint density at radius 1 is 0.957 bits per heavy atom. The van der Waals surface area contributed by atoms with E-state index in [0.29, 0.717) is 56.4 Å². The van der Waals surface area contributed by atoms with E-state index in [4.69, 9.17) is 14.2 Å². The molecule has 8 nitrogen and oxygen atoms in total. The number of ether oxygens (including phenoxy) is 3. The first-order chi connectivity index (χ1) is 21.8. The molecule has 0 bridgehead atoms. The van der Waals surface area contributed by atoms with Gasteiger partial charge in [-0.1, -0.05) is 12.1 Å². The van der Waals surface area contributed by atoms with E-state index < -0.39 is 47.7 Å². The molecule has 5 rings (SSSR count). The van der Waals surface area contributed by atoms with Gasteiger partial charge in [0.25, 0.3) is 0 Å². The molecule has 3 heterocycles. The zero-order valence-electron chi connectivity index (χ0n) is 25.4. The van der Waals surface area contributed by atoms with Crippen molar-refractivity contribution in [3.63, 3.8) is 0 Å². The minimum Gasteiger partial charge on any atom is -0.383 e. The highest BCUT2D eigenvalue weighted by molar-refractivity contribution is 5.35. The molecule has 252 valence electrons. The number of nitrogens with one attached hydrogen (secondary N) is 1. The SMILES string of the molecule is COC[C@@H]1CCCN1Cc1n[nH]nc1CCN1CCO[C@H](OC(C)c2cc(C(F)(F)F)cc(C(F)(F)F)c2)[C@@H]1c1ccc(F)cc1. The van der Waals surface area contributed by atoms with Crippen LogP contribution in [0.2, 0.25) is 0 Å². The highest BCUT2D eigenvalue weighted by Crippen LogP contribution is 2.39. The highest BCUT2D eigenvalue weighted by atomic mass is 19.4. The number of hydrogen-bond donors (Lipinski definition) is 1. The maximum atomic E-state index is 13.9. The molecule has 0 aliphatic carbocycles. The summed E-state index contributed by atoms with van der Waals surface area (Å²) in [6.45, 7) is 4.59. The van der Waals surface area contributed by atoms with E-state index in [1.54, 1.807) is 19.2 Å². The van der Waals surface area contributed by atoms with Crippen LogP contribution in [0.25, 0.3) is 0 Å². The summed E-state index contributed by atoms with van der Waals surface area (Å²) in [5.41, 5.74) is -0.984. The van der Waals surface area contributed by atoms with Crippen LogP contribution in [0.1, 0.15) is 65.6 Å². The average molecular weight is 660 g/mol. The normalized spacial score (nSPS) is 22.4. The van der Waals surface area contributed by atoms with Crippen LogP contribution >= 0.6 is 0 Å². The van der Waals surface area contributed by atoms with E-state index in [0.717, 1.165) is 30.8 Å². The standard InChI is InChI=1S/C31H36F7N5O3/c1-19(21-14-22(30(33,34)35)16-23(15-21)31(36,37)38)46-29-28(20-5-7-24(32)8-6-20)42(12-13-45-29)11-9-26-27(40-41-39-26)17-43-10-3-4-25(43)18-44-2/h5-8,14-16,19,25,28-29H,3-4,9-13,17-18H2,1-2H3,(H,39,40,41)/t19?,25-,28-,29+/m0/s1. The lowest BCUT2D eigenvalue weighted by molar-refractivity contribution is -0.229. The van der Waals surface area contributed by atoms with Crippen molar-refractivity contribution < 1.29 is 44.9 Å². The van der Waals surface area contributed by atoms with Gasteiger partial charge in [-0.2, -0.15) is 41.8 Å². The van der Waals surface area contributed by atoms with E-state index in [9.17, 15) is 30.7 Å². The molecular formula is C31H36F7N5O3. The third kappa shape index (κ3) is 8.23. The summed E-state index contributed by atoms with van der Waals surface area (Å²) in [4.78, 5) is 4.34. The smallest absolute Gasteiger partial charge is 0.383 e. The number of nitrogens with zero attached hydrogens (tertiary/aromatic N) is 4. The molecule has 0 spiro atoms. The molecule has 3 aromatic rings. The number of aromatic nitrogens is 3. The van der Waals surface area contributed by atoms with Crippen molar-refractivity contribution in [1.82, 2.24) is 25.2 Å². The van der Waals surface area contributed by atoms with E-state index in [1.807, 2.05) is 4.90 Å². The van der Waals surface area contributed by atoms with Gasteiger partial charge in [-0.3, -0.25) is 9.80 Å². The van der Waals surface area contributed by atoms with Gasteiger partial charge in [0.15, 0.2) is 6.29 Å². The van der Waals surface area contributed by atoms with Crippen LogP contribution in [0.15, 0.2) is 42.5 Å². The van der Waals surface area contributed by atoms with E-state index >= 15 is 0 Å². The number of likely N-dealkylation sites (tertiary alicyclic amines) is 1. The minimum atomic E-state index is -5.00. The number of aromatic amines is 1. The fraction of sp³-hybridized carbons (Fsp3) is 0.548. The van der Waals surface area contributed by atoms with Gasteiger partial charge in [0.1, 0.15) is 5.82 Å². The van der Waals surface area contributed by atoms with Crippen LogP contribution in [0.3, 0.4) is 0 Å². The molecule has 2 aromatic carbocycles. The number of methoxy groups -OCH3 is 1. The Bertz CT molecular complexity index is 1400. The zero-order valence-corrected chi connectivity index (χ0v) is 25.4. The van der Waals surface area contributed by atoms with Crippen LogP contribution in [0.4, 0.5) is 30.7 Å². The van der Waals surface area contributed by atoms with Gasteiger partial charge >= 0.3 is 12.4 Å². The van der Waals surface area contributed by atoms with E-state index in [-0.39, 0.29) is 18.2 Å². The molecule has 15 heteroatoms. The van der Waals surface area contributed by atoms with Crippen molar-refractivity contribution in [2.24, 2.45) is 0 Å². The first-order valence-corrected chi connectivity index (χ1v) is 15.0. The van der Waals surface area contributed by atoms with Crippen LogP contribution in [-0.2, 0) is 39.5 Å². The Hall–Kier alpha value is -3.11. The third-order valence-corrected chi connectivity index (χ3v) is 8.49. The van der Waals surface area contributed by atoms with Crippen molar-refractivity contribution in [2.45, 2.75) is 69.6 Å². The molecule has 0 saturated carbocycles. The zero-order chi connectivity index (χ0) is 33.1. The van der Waals surface area contributed by atoms with Crippen molar-refractivity contribution >= 4 is 0 Å². The largest absolute Gasteiger partial charge is 0.416 e. The Kier molecular flexibility index (Phi) is 10.7. The molecule has 1 N–H and O–H groups in total. The number of morpholine rings is 1. The Balaban J connectivity index is 1.36.